The molecule has 1 amide bonds. The Hall–Kier alpha value is -0.650. The maximum atomic E-state index is 11.9. The average molecular weight is 272 g/mol. The monoisotopic (exact) mass is 272 g/mol. The number of ether oxygens (including phenoxy) is 1. The molecule has 1 heterocycles. The lowest BCUT2D eigenvalue weighted by molar-refractivity contribution is -0.123. The van der Waals surface area contributed by atoms with Crippen LogP contribution in [0, 0.1) is 0 Å². The Kier molecular flexibility index (Phi) is 8.02. The fraction of sp³-hybridized carbons (Fsp3) is 0.929. The third kappa shape index (κ3) is 5.89. The number of nitrogens with zero attached hydrogens (tertiary/aromatic N) is 1. The summed E-state index contributed by atoms with van der Waals surface area (Å²) in [4.78, 5) is 14.0. The van der Waals surface area contributed by atoms with Gasteiger partial charge in [-0.3, -0.25) is 9.69 Å². The minimum Gasteiger partial charge on any atom is -0.395 e. The molecule has 0 saturated carbocycles. The lowest BCUT2D eigenvalue weighted by Gasteiger charge is -2.29. The van der Waals surface area contributed by atoms with E-state index < -0.39 is 0 Å². The van der Waals surface area contributed by atoms with Gasteiger partial charge in [-0.15, -0.1) is 0 Å². The van der Waals surface area contributed by atoms with Gasteiger partial charge in [0.25, 0.3) is 0 Å². The number of nitrogens with one attached hydrogen (secondary N) is 1. The first-order chi connectivity index (χ1) is 9.21. The largest absolute Gasteiger partial charge is 0.395 e. The first-order valence-corrected chi connectivity index (χ1v) is 7.44. The van der Waals surface area contributed by atoms with E-state index in [0.717, 1.165) is 32.3 Å². The zero-order valence-corrected chi connectivity index (χ0v) is 12.2. The number of rotatable bonds is 9. The van der Waals surface area contributed by atoms with Crippen molar-refractivity contribution in [3.63, 3.8) is 0 Å². The molecule has 0 aliphatic carbocycles. The highest BCUT2D eigenvalue weighted by Crippen LogP contribution is 2.11. The summed E-state index contributed by atoms with van der Waals surface area (Å²) in [6.45, 7) is 6.65. The van der Waals surface area contributed by atoms with E-state index in [1.165, 1.54) is 0 Å². The number of hydrogen-bond donors (Lipinski definition) is 2. The Balaban J connectivity index is 2.32. The smallest absolute Gasteiger partial charge is 0.234 e. The zero-order chi connectivity index (χ0) is 14.1. The van der Waals surface area contributed by atoms with Crippen molar-refractivity contribution >= 4 is 5.91 Å². The van der Waals surface area contributed by atoms with Gasteiger partial charge in [-0.2, -0.15) is 0 Å². The second kappa shape index (κ2) is 9.28. The molecule has 1 unspecified atom stereocenters. The summed E-state index contributed by atoms with van der Waals surface area (Å²) in [5.74, 6) is 0.0239. The third-order valence-electron chi connectivity index (χ3n) is 3.74. The van der Waals surface area contributed by atoms with Crippen molar-refractivity contribution < 1.29 is 14.6 Å². The second-order valence-electron chi connectivity index (χ2n) is 5.10. The van der Waals surface area contributed by atoms with E-state index in [9.17, 15) is 4.79 Å². The van der Waals surface area contributed by atoms with Crippen molar-refractivity contribution in [2.45, 2.75) is 51.7 Å². The van der Waals surface area contributed by atoms with Gasteiger partial charge in [0.15, 0.2) is 0 Å². The lowest BCUT2D eigenvalue weighted by atomic mass is 10.1. The van der Waals surface area contributed by atoms with Crippen LogP contribution in [0.5, 0.6) is 0 Å². The summed E-state index contributed by atoms with van der Waals surface area (Å²) in [5, 5.41) is 12.0. The van der Waals surface area contributed by atoms with Crippen LogP contribution in [0.2, 0.25) is 0 Å². The van der Waals surface area contributed by atoms with Crippen LogP contribution in [-0.2, 0) is 9.53 Å². The second-order valence-corrected chi connectivity index (χ2v) is 5.10. The summed E-state index contributed by atoms with van der Waals surface area (Å²) in [6, 6.07) is 0.362. The van der Waals surface area contributed by atoms with E-state index in [4.69, 9.17) is 9.84 Å². The number of aliphatic hydroxyl groups is 1. The van der Waals surface area contributed by atoms with E-state index in [0.29, 0.717) is 25.7 Å². The summed E-state index contributed by atoms with van der Waals surface area (Å²) in [7, 11) is 0. The molecule has 0 spiro atoms. The molecule has 0 aromatic carbocycles. The minimum atomic E-state index is 0.0239. The molecule has 1 fully saturated rings. The van der Waals surface area contributed by atoms with Gasteiger partial charge in [-0.1, -0.05) is 13.8 Å². The summed E-state index contributed by atoms with van der Waals surface area (Å²) in [6.07, 6.45) is 4.30. The predicted molar refractivity (Wildman–Crippen MR) is 75.0 cm³/mol. The Morgan fingerprint density at radius 1 is 1.47 bits per heavy atom. The van der Waals surface area contributed by atoms with Gasteiger partial charge in [0.05, 0.1) is 19.3 Å². The van der Waals surface area contributed by atoms with Crippen LogP contribution < -0.4 is 5.32 Å². The molecule has 112 valence electrons. The quantitative estimate of drug-likeness (QED) is 0.651. The van der Waals surface area contributed by atoms with Gasteiger partial charge in [0.1, 0.15) is 0 Å². The fourth-order valence-corrected chi connectivity index (χ4v) is 2.60. The molecule has 19 heavy (non-hydrogen) atoms. The minimum absolute atomic E-state index is 0.0239. The van der Waals surface area contributed by atoms with Crippen molar-refractivity contribution in [1.82, 2.24) is 10.2 Å². The van der Waals surface area contributed by atoms with Gasteiger partial charge >= 0.3 is 0 Å². The van der Waals surface area contributed by atoms with Crippen molar-refractivity contribution in [3.8, 4) is 0 Å². The van der Waals surface area contributed by atoms with Crippen molar-refractivity contribution in [2.24, 2.45) is 0 Å². The normalized spacial score (nSPS) is 19.3. The molecule has 2 N–H and O–H groups in total. The Labute approximate surface area is 116 Å². The molecular weight excluding hydrogens is 244 g/mol. The maximum Gasteiger partial charge on any atom is 0.234 e. The van der Waals surface area contributed by atoms with Gasteiger partial charge in [-0.25, -0.2) is 0 Å². The van der Waals surface area contributed by atoms with Gasteiger partial charge in [0.2, 0.25) is 5.91 Å². The van der Waals surface area contributed by atoms with Crippen LogP contribution in [0.1, 0.15) is 39.5 Å². The summed E-state index contributed by atoms with van der Waals surface area (Å²) in [5.41, 5.74) is 0. The van der Waals surface area contributed by atoms with Crippen LogP contribution in [-0.4, -0.2) is 60.9 Å². The number of amides is 1. The van der Waals surface area contributed by atoms with Crippen molar-refractivity contribution in [3.05, 3.63) is 0 Å². The molecule has 1 rings (SSSR count). The highest BCUT2D eigenvalue weighted by Gasteiger charge is 2.20. The SMILES string of the molecule is CCC(CC)N(CCO)CC(=O)NCC1CCCO1. The number of carbonyl (C=O) groups excluding carboxylic acids is 1. The van der Waals surface area contributed by atoms with Crippen molar-refractivity contribution in [2.75, 3.05) is 32.8 Å². The molecule has 0 bridgehead atoms. The standard InChI is InChI=1S/C14H28N2O3/c1-3-12(4-2)16(7-8-17)11-14(18)15-10-13-6-5-9-19-13/h12-13,17H,3-11H2,1-2H3,(H,15,18). The Morgan fingerprint density at radius 3 is 2.74 bits per heavy atom. The zero-order valence-electron chi connectivity index (χ0n) is 12.2. The first-order valence-electron chi connectivity index (χ1n) is 7.44. The van der Waals surface area contributed by atoms with Crippen LogP contribution in [0.15, 0.2) is 0 Å². The third-order valence-corrected chi connectivity index (χ3v) is 3.74. The average Bonchev–Trinajstić information content (AvgIpc) is 2.91. The first kappa shape index (κ1) is 16.4. The summed E-state index contributed by atoms with van der Waals surface area (Å²) < 4.78 is 5.48. The molecule has 0 aromatic heterocycles. The fourth-order valence-electron chi connectivity index (χ4n) is 2.60. The molecule has 1 atom stereocenters. The molecule has 0 radical (unpaired) electrons. The van der Waals surface area contributed by atoms with E-state index >= 15 is 0 Å². The van der Waals surface area contributed by atoms with Crippen LogP contribution in [0.25, 0.3) is 0 Å². The highest BCUT2D eigenvalue weighted by atomic mass is 16.5. The van der Waals surface area contributed by atoms with E-state index in [1.54, 1.807) is 0 Å². The molecule has 5 heteroatoms. The molecule has 1 aliphatic heterocycles. The molecule has 1 aliphatic rings. The summed E-state index contributed by atoms with van der Waals surface area (Å²) >= 11 is 0. The topological polar surface area (TPSA) is 61.8 Å². The van der Waals surface area contributed by atoms with Crippen LogP contribution >= 0.6 is 0 Å². The van der Waals surface area contributed by atoms with Gasteiger partial charge in [-0.05, 0) is 25.7 Å². The number of hydrogen-bond acceptors (Lipinski definition) is 4. The highest BCUT2D eigenvalue weighted by molar-refractivity contribution is 5.78. The molecule has 5 nitrogen and oxygen atoms in total. The van der Waals surface area contributed by atoms with Gasteiger partial charge in [0, 0.05) is 25.7 Å². The molecule has 1 saturated heterocycles. The lowest BCUT2D eigenvalue weighted by Crippen LogP contribution is -2.45. The maximum absolute atomic E-state index is 11.9. The predicted octanol–water partition coefficient (Wildman–Crippen LogP) is 0.765. The molecule has 0 aromatic rings. The van der Waals surface area contributed by atoms with E-state index in [1.807, 2.05) is 0 Å². The Morgan fingerprint density at radius 2 is 2.21 bits per heavy atom. The van der Waals surface area contributed by atoms with E-state index in [-0.39, 0.29) is 18.6 Å². The van der Waals surface area contributed by atoms with Crippen LogP contribution in [0.3, 0.4) is 0 Å². The number of carbonyl (C=O) groups is 1. The van der Waals surface area contributed by atoms with Crippen molar-refractivity contribution in [1.29, 1.82) is 0 Å². The molecular formula is C14H28N2O3. The van der Waals surface area contributed by atoms with Crippen LogP contribution in [0.4, 0.5) is 0 Å². The Bertz CT molecular complexity index is 251. The van der Waals surface area contributed by atoms with E-state index in [2.05, 4.69) is 24.1 Å². The number of aliphatic hydroxyl groups excluding tert-OH is 1. The van der Waals surface area contributed by atoms with Gasteiger partial charge < -0.3 is 15.2 Å².